The lowest BCUT2D eigenvalue weighted by atomic mass is 10.2. The van der Waals surface area contributed by atoms with Gasteiger partial charge in [-0.3, -0.25) is 9.78 Å². The maximum atomic E-state index is 10.4. The van der Waals surface area contributed by atoms with Crippen molar-refractivity contribution in [3.8, 4) is 17.7 Å². The van der Waals surface area contributed by atoms with Crippen LogP contribution >= 0.6 is 0 Å². The average molecular weight is 434 g/mol. The number of hydrogen-bond donors (Lipinski definition) is 4. The highest BCUT2D eigenvalue weighted by Crippen LogP contribution is 2.16. The number of nitrogens with two attached hydrogens (primary N) is 1. The summed E-state index contributed by atoms with van der Waals surface area (Å²) in [5.41, 5.74) is 9.21. The molecule has 9 heteroatoms. The Labute approximate surface area is 187 Å². The van der Waals surface area contributed by atoms with E-state index in [9.17, 15) is 4.79 Å². The van der Waals surface area contributed by atoms with Crippen LogP contribution in [0.4, 0.5) is 17.2 Å². The number of amides is 1. The number of aromatic nitrogens is 3. The summed E-state index contributed by atoms with van der Waals surface area (Å²) in [7, 11) is 1.85. The third kappa shape index (κ3) is 9.11. The van der Waals surface area contributed by atoms with Gasteiger partial charge >= 0.3 is 0 Å². The lowest BCUT2D eigenvalue weighted by molar-refractivity contribution is -0.105. The molecule has 3 aromatic rings. The number of pyridine rings is 1. The Morgan fingerprint density at radius 2 is 2.00 bits per heavy atom. The zero-order valence-electron chi connectivity index (χ0n) is 18.1. The number of anilines is 3. The van der Waals surface area contributed by atoms with Crippen molar-refractivity contribution in [1.82, 2.24) is 20.3 Å². The SMILES string of the molecule is CNCC#CCOc1cnc(C)cn1.Nc1ncccc1NCc1cccc(NC=O)c1. The highest BCUT2D eigenvalue weighted by molar-refractivity contribution is 5.71. The first-order valence-corrected chi connectivity index (χ1v) is 9.87. The second-order valence-corrected chi connectivity index (χ2v) is 6.42. The Bertz CT molecular complexity index is 1030. The van der Waals surface area contributed by atoms with Crippen LogP contribution in [0.3, 0.4) is 0 Å². The van der Waals surface area contributed by atoms with E-state index in [1.165, 1.54) is 0 Å². The van der Waals surface area contributed by atoms with Crippen LogP contribution in [0.25, 0.3) is 0 Å². The van der Waals surface area contributed by atoms with Crippen LogP contribution in [0, 0.1) is 18.8 Å². The van der Waals surface area contributed by atoms with Crippen molar-refractivity contribution < 1.29 is 9.53 Å². The van der Waals surface area contributed by atoms with Gasteiger partial charge < -0.3 is 26.4 Å². The van der Waals surface area contributed by atoms with Gasteiger partial charge in [-0.1, -0.05) is 24.0 Å². The van der Waals surface area contributed by atoms with Crippen molar-refractivity contribution in [1.29, 1.82) is 0 Å². The molecule has 0 spiro atoms. The summed E-state index contributed by atoms with van der Waals surface area (Å²) in [4.78, 5) is 22.4. The number of aryl methyl sites for hydroxylation is 1. The van der Waals surface area contributed by atoms with E-state index in [2.05, 4.69) is 42.7 Å². The fourth-order valence-corrected chi connectivity index (χ4v) is 2.37. The standard InChI is InChI=1S/C13H14N4O.C10H13N3O/c14-13-12(5-2-6-15-13)16-8-10-3-1-4-11(7-10)17-9-18;1-9-7-13-10(8-12-9)14-6-4-3-5-11-2/h1-7,9,16H,8H2,(H2,14,15)(H,17,18);7-8,11H,5-6H2,1-2H3. The number of carbonyl (C=O) groups is 1. The minimum Gasteiger partial charge on any atom is -0.463 e. The quantitative estimate of drug-likeness (QED) is 0.315. The molecule has 0 saturated carbocycles. The first-order valence-electron chi connectivity index (χ1n) is 9.87. The van der Waals surface area contributed by atoms with Crippen molar-refractivity contribution >= 4 is 23.6 Å². The zero-order valence-corrected chi connectivity index (χ0v) is 18.1. The number of carbonyl (C=O) groups excluding carboxylic acids is 1. The van der Waals surface area contributed by atoms with Gasteiger partial charge in [-0.2, -0.15) is 0 Å². The topological polar surface area (TPSA) is 127 Å². The maximum absolute atomic E-state index is 10.4. The summed E-state index contributed by atoms with van der Waals surface area (Å²) in [6.45, 7) is 3.51. The minimum absolute atomic E-state index is 0.347. The molecule has 0 aliphatic carbocycles. The van der Waals surface area contributed by atoms with Gasteiger partial charge in [-0.15, -0.1) is 0 Å². The van der Waals surface area contributed by atoms with Crippen LogP contribution in [-0.2, 0) is 11.3 Å². The number of nitrogen functional groups attached to an aromatic ring is 1. The lowest BCUT2D eigenvalue weighted by Crippen LogP contribution is -2.05. The predicted octanol–water partition coefficient (Wildman–Crippen LogP) is 2.23. The molecule has 2 aromatic heterocycles. The number of ether oxygens (including phenoxy) is 1. The first-order chi connectivity index (χ1) is 15.6. The average Bonchev–Trinajstić information content (AvgIpc) is 2.81. The van der Waals surface area contributed by atoms with Gasteiger partial charge in [0.15, 0.2) is 6.61 Å². The number of nitrogens with zero attached hydrogens (tertiary/aromatic N) is 3. The third-order valence-electron chi connectivity index (χ3n) is 3.91. The molecule has 0 fully saturated rings. The second-order valence-electron chi connectivity index (χ2n) is 6.42. The Balaban J connectivity index is 0.000000235. The molecule has 32 heavy (non-hydrogen) atoms. The summed E-state index contributed by atoms with van der Waals surface area (Å²) < 4.78 is 5.23. The molecule has 166 valence electrons. The van der Waals surface area contributed by atoms with Crippen LogP contribution < -0.4 is 26.4 Å². The van der Waals surface area contributed by atoms with Gasteiger partial charge in [0, 0.05) is 18.4 Å². The van der Waals surface area contributed by atoms with Crippen LogP contribution in [-0.4, -0.2) is 41.6 Å². The molecule has 9 nitrogen and oxygen atoms in total. The van der Waals surface area contributed by atoms with Gasteiger partial charge in [-0.05, 0) is 43.8 Å². The Morgan fingerprint density at radius 1 is 1.12 bits per heavy atom. The minimum atomic E-state index is 0.347. The van der Waals surface area contributed by atoms with Crippen LogP contribution in [0.1, 0.15) is 11.3 Å². The molecule has 0 unspecified atom stereocenters. The molecule has 2 heterocycles. The number of benzene rings is 1. The molecular formula is C23H27N7O2. The van der Waals surface area contributed by atoms with E-state index >= 15 is 0 Å². The largest absolute Gasteiger partial charge is 0.463 e. The van der Waals surface area contributed by atoms with E-state index in [1.807, 2.05) is 50.4 Å². The lowest BCUT2D eigenvalue weighted by Gasteiger charge is -2.09. The van der Waals surface area contributed by atoms with Crippen molar-refractivity contribution in [3.63, 3.8) is 0 Å². The van der Waals surface area contributed by atoms with Gasteiger partial charge in [-0.25, -0.2) is 9.97 Å². The normalized spacial score (nSPS) is 9.44. The molecule has 0 aliphatic heterocycles. The summed E-state index contributed by atoms with van der Waals surface area (Å²) in [5, 5.41) is 8.72. The van der Waals surface area contributed by atoms with Crippen LogP contribution in [0.2, 0.25) is 0 Å². The fraction of sp³-hybridized carbons (Fsp3) is 0.217. The molecule has 3 rings (SSSR count). The van der Waals surface area contributed by atoms with Gasteiger partial charge in [0.05, 0.1) is 30.3 Å². The van der Waals surface area contributed by atoms with E-state index in [1.54, 1.807) is 18.6 Å². The molecule has 0 saturated heterocycles. The molecule has 0 radical (unpaired) electrons. The van der Waals surface area contributed by atoms with E-state index in [4.69, 9.17) is 10.5 Å². The van der Waals surface area contributed by atoms with E-state index in [0.29, 0.717) is 37.8 Å². The molecule has 1 aromatic carbocycles. The van der Waals surface area contributed by atoms with Crippen LogP contribution in [0.5, 0.6) is 5.88 Å². The van der Waals surface area contributed by atoms with Crippen molar-refractivity contribution in [3.05, 3.63) is 66.2 Å². The van der Waals surface area contributed by atoms with E-state index < -0.39 is 0 Å². The predicted molar refractivity (Wildman–Crippen MR) is 126 cm³/mol. The van der Waals surface area contributed by atoms with E-state index in [-0.39, 0.29) is 0 Å². The smallest absolute Gasteiger partial charge is 0.233 e. The van der Waals surface area contributed by atoms with Crippen molar-refractivity contribution in [2.24, 2.45) is 0 Å². The number of nitrogens with one attached hydrogen (secondary N) is 3. The monoisotopic (exact) mass is 433 g/mol. The zero-order chi connectivity index (χ0) is 23.0. The molecular weight excluding hydrogens is 406 g/mol. The van der Waals surface area contributed by atoms with Gasteiger partial charge in [0.2, 0.25) is 12.3 Å². The third-order valence-corrected chi connectivity index (χ3v) is 3.91. The van der Waals surface area contributed by atoms with Gasteiger partial charge in [0.25, 0.3) is 0 Å². The van der Waals surface area contributed by atoms with Crippen molar-refractivity contribution in [2.45, 2.75) is 13.5 Å². The number of rotatable bonds is 8. The Kier molecular flexibility index (Phi) is 10.5. The second kappa shape index (κ2) is 14.0. The molecule has 0 atom stereocenters. The van der Waals surface area contributed by atoms with Crippen LogP contribution in [0.15, 0.2) is 55.0 Å². The summed E-state index contributed by atoms with van der Waals surface area (Å²) in [5.74, 6) is 6.71. The number of hydrogen-bond acceptors (Lipinski definition) is 8. The first kappa shape index (κ1) is 24.1. The highest BCUT2D eigenvalue weighted by atomic mass is 16.5. The maximum Gasteiger partial charge on any atom is 0.233 e. The summed E-state index contributed by atoms with van der Waals surface area (Å²) >= 11 is 0. The molecule has 5 N–H and O–H groups in total. The van der Waals surface area contributed by atoms with E-state index in [0.717, 1.165) is 22.6 Å². The Hall–Kier alpha value is -4.16. The highest BCUT2D eigenvalue weighted by Gasteiger charge is 1.99. The van der Waals surface area contributed by atoms with Gasteiger partial charge in [0.1, 0.15) is 5.82 Å². The molecule has 1 amide bonds. The van der Waals surface area contributed by atoms with Crippen molar-refractivity contribution in [2.75, 3.05) is 36.6 Å². The molecule has 0 aliphatic rings. The summed E-state index contributed by atoms with van der Waals surface area (Å²) in [6.07, 6.45) is 5.56. The Morgan fingerprint density at radius 3 is 2.72 bits per heavy atom. The summed E-state index contributed by atoms with van der Waals surface area (Å²) in [6, 6.07) is 11.3. The molecule has 0 bridgehead atoms. The fourth-order valence-electron chi connectivity index (χ4n) is 2.37.